The van der Waals surface area contributed by atoms with Crippen molar-refractivity contribution in [3.8, 4) is 17.3 Å². The van der Waals surface area contributed by atoms with E-state index in [-0.39, 0.29) is 17.1 Å². The number of amides is 1. The molecule has 39 heavy (non-hydrogen) atoms. The van der Waals surface area contributed by atoms with Gasteiger partial charge in [0.2, 0.25) is 5.95 Å². The summed E-state index contributed by atoms with van der Waals surface area (Å²) in [6.45, 7) is 3.90. The minimum absolute atomic E-state index is 0.187. The first kappa shape index (κ1) is 24.9. The number of methoxy groups -OCH3 is 1. The van der Waals surface area contributed by atoms with Gasteiger partial charge in [0.1, 0.15) is 11.5 Å². The van der Waals surface area contributed by atoms with E-state index in [9.17, 15) is 9.18 Å². The molecule has 1 aromatic carbocycles. The van der Waals surface area contributed by atoms with Crippen LogP contribution in [0.5, 0.6) is 5.88 Å². The molecule has 1 atom stereocenters. The van der Waals surface area contributed by atoms with Crippen molar-refractivity contribution < 1.29 is 13.9 Å². The average molecular weight is 532 g/mol. The van der Waals surface area contributed by atoms with Crippen LogP contribution in [-0.2, 0) is 12.5 Å². The number of nitrogens with zero attached hydrogens (tertiary/aromatic N) is 4. The maximum Gasteiger partial charge on any atom is 0.256 e. The van der Waals surface area contributed by atoms with Gasteiger partial charge in [0.25, 0.3) is 11.8 Å². The Balaban J connectivity index is 1.49. The lowest BCUT2D eigenvalue weighted by Gasteiger charge is -2.40. The van der Waals surface area contributed by atoms with Crippen molar-refractivity contribution >= 4 is 28.9 Å². The number of anilines is 4. The van der Waals surface area contributed by atoms with Crippen LogP contribution in [0, 0.1) is 12.7 Å². The number of benzene rings is 1. The van der Waals surface area contributed by atoms with Crippen molar-refractivity contribution in [1.82, 2.24) is 35.4 Å². The van der Waals surface area contributed by atoms with Crippen LogP contribution in [0.15, 0.2) is 36.7 Å². The number of nitrogens with one attached hydrogen (secondary N) is 5. The van der Waals surface area contributed by atoms with Gasteiger partial charge in [-0.1, -0.05) is 6.07 Å². The third-order valence-electron chi connectivity index (χ3n) is 7.49. The predicted molar refractivity (Wildman–Crippen MR) is 145 cm³/mol. The number of ether oxygens (including phenoxy) is 1. The molecule has 0 radical (unpaired) electrons. The van der Waals surface area contributed by atoms with Crippen LogP contribution in [0.4, 0.5) is 27.4 Å². The van der Waals surface area contributed by atoms with Crippen molar-refractivity contribution in [2.24, 2.45) is 7.05 Å². The van der Waals surface area contributed by atoms with E-state index in [2.05, 4.69) is 36.3 Å². The Morgan fingerprint density at radius 3 is 2.85 bits per heavy atom. The van der Waals surface area contributed by atoms with Crippen molar-refractivity contribution in [3.05, 3.63) is 59.3 Å². The number of fused-ring (bicyclic) bond motifs is 2. The highest BCUT2D eigenvalue weighted by Gasteiger charge is 2.44. The standard InChI is InChI=1S/C27H30FN9O2/c1-15-16(28)6-4-7-17(15)32-22-20-23(27(14-31-24(20)38)9-5-10-29-13-27)35-21(22)18-8-11-30-26(33-18)34-19-12-37(2)36-25(19)39-3/h4,6-8,11-12,29,32,35H,5,9-10,13-14H2,1-3H3,(H,31,38)(H,30,33,34). The zero-order chi connectivity index (χ0) is 27.1. The number of piperidine rings is 1. The minimum atomic E-state index is -0.331. The molecule has 5 heterocycles. The van der Waals surface area contributed by atoms with Gasteiger partial charge in [0, 0.05) is 48.7 Å². The Labute approximate surface area is 224 Å². The van der Waals surface area contributed by atoms with Crippen molar-refractivity contribution in [1.29, 1.82) is 0 Å². The molecule has 1 saturated heterocycles. The predicted octanol–water partition coefficient (Wildman–Crippen LogP) is 3.51. The maximum atomic E-state index is 14.5. The number of halogens is 1. The molecule has 4 aromatic rings. The van der Waals surface area contributed by atoms with Gasteiger partial charge in [-0.2, -0.15) is 0 Å². The maximum absolute atomic E-state index is 14.5. The Morgan fingerprint density at radius 2 is 2.05 bits per heavy atom. The highest BCUT2D eigenvalue weighted by Crippen LogP contribution is 2.44. The summed E-state index contributed by atoms with van der Waals surface area (Å²) in [5.74, 6) is 0.224. The highest BCUT2D eigenvalue weighted by molar-refractivity contribution is 6.06. The van der Waals surface area contributed by atoms with E-state index in [1.54, 1.807) is 56.4 Å². The van der Waals surface area contributed by atoms with Crippen LogP contribution in [0.1, 0.15) is 34.5 Å². The third kappa shape index (κ3) is 4.36. The summed E-state index contributed by atoms with van der Waals surface area (Å²) in [5, 5.41) is 17.4. The van der Waals surface area contributed by atoms with Gasteiger partial charge in [0.15, 0.2) is 0 Å². The Hall–Kier alpha value is -4.45. The summed E-state index contributed by atoms with van der Waals surface area (Å²) in [6.07, 6.45) is 5.32. The normalized spacial score (nSPS) is 18.5. The van der Waals surface area contributed by atoms with Gasteiger partial charge in [0.05, 0.1) is 35.9 Å². The van der Waals surface area contributed by atoms with Crippen LogP contribution in [0.25, 0.3) is 11.4 Å². The fourth-order valence-electron chi connectivity index (χ4n) is 5.46. The van der Waals surface area contributed by atoms with Crippen LogP contribution in [0.3, 0.4) is 0 Å². The summed E-state index contributed by atoms with van der Waals surface area (Å²) < 4.78 is 21.4. The summed E-state index contributed by atoms with van der Waals surface area (Å²) in [6, 6.07) is 6.63. The number of rotatable bonds is 6. The molecule has 1 spiro atoms. The second kappa shape index (κ2) is 9.70. The van der Waals surface area contributed by atoms with E-state index in [0.717, 1.165) is 31.6 Å². The second-order valence-electron chi connectivity index (χ2n) is 10.0. The molecular weight excluding hydrogens is 501 g/mol. The first-order valence-electron chi connectivity index (χ1n) is 12.8. The number of aromatic amines is 1. The summed E-state index contributed by atoms with van der Waals surface area (Å²) >= 11 is 0. The second-order valence-corrected chi connectivity index (χ2v) is 10.0. The number of carbonyl (C=O) groups is 1. The van der Waals surface area contributed by atoms with E-state index in [1.807, 2.05) is 0 Å². The zero-order valence-electron chi connectivity index (χ0n) is 22.0. The van der Waals surface area contributed by atoms with E-state index >= 15 is 0 Å². The zero-order valence-corrected chi connectivity index (χ0v) is 22.0. The van der Waals surface area contributed by atoms with E-state index in [0.29, 0.717) is 58.0 Å². The third-order valence-corrected chi connectivity index (χ3v) is 7.49. The Bertz CT molecular complexity index is 1550. The topological polar surface area (TPSA) is 134 Å². The smallest absolute Gasteiger partial charge is 0.256 e. The monoisotopic (exact) mass is 531 g/mol. The van der Waals surface area contributed by atoms with Crippen molar-refractivity contribution in [2.75, 3.05) is 37.4 Å². The van der Waals surface area contributed by atoms with Gasteiger partial charge < -0.3 is 31.0 Å². The molecule has 5 N–H and O–H groups in total. The van der Waals surface area contributed by atoms with Crippen LogP contribution < -0.4 is 26.0 Å². The van der Waals surface area contributed by atoms with Crippen LogP contribution in [-0.4, -0.2) is 57.4 Å². The van der Waals surface area contributed by atoms with E-state index in [4.69, 9.17) is 9.72 Å². The summed E-state index contributed by atoms with van der Waals surface area (Å²) in [5.41, 5.74) is 4.45. The molecule has 0 saturated carbocycles. The fourth-order valence-corrected chi connectivity index (χ4v) is 5.46. The van der Waals surface area contributed by atoms with Gasteiger partial charge in [-0.05, 0) is 44.5 Å². The summed E-state index contributed by atoms with van der Waals surface area (Å²) in [7, 11) is 3.34. The van der Waals surface area contributed by atoms with Gasteiger partial charge >= 0.3 is 0 Å². The number of hydrogen-bond donors (Lipinski definition) is 5. The molecule has 2 aliphatic rings. The first-order chi connectivity index (χ1) is 18.9. The molecule has 3 aromatic heterocycles. The number of hydrogen-bond acceptors (Lipinski definition) is 8. The molecule has 0 bridgehead atoms. The number of aryl methyl sites for hydroxylation is 1. The Kier molecular flexibility index (Phi) is 6.18. The molecule has 12 heteroatoms. The molecule has 1 fully saturated rings. The number of H-pyrrole nitrogens is 1. The molecule has 1 amide bonds. The number of carbonyl (C=O) groups excluding carboxylic acids is 1. The van der Waals surface area contributed by atoms with E-state index in [1.165, 1.54) is 6.07 Å². The largest absolute Gasteiger partial charge is 0.478 e. The lowest BCUT2D eigenvalue weighted by atomic mass is 9.74. The lowest BCUT2D eigenvalue weighted by molar-refractivity contribution is 0.0916. The molecule has 202 valence electrons. The number of aromatic nitrogens is 5. The van der Waals surface area contributed by atoms with E-state index < -0.39 is 0 Å². The molecule has 1 unspecified atom stereocenters. The lowest BCUT2D eigenvalue weighted by Crippen LogP contribution is -2.54. The van der Waals surface area contributed by atoms with Crippen LogP contribution >= 0.6 is 0 Å². The summed E-state index contributed by atoms with van der Waals surface area (Å²) in [4.78, 5) is 26.1. The molecule has 6 rings (SSSR count). The van der Waals surface area contributed by atoms with Gasteiger partial charge in [-0.3, -0.25) is 9.48 Å². The first-order valence-corrected chi connectivity index (χ1v) is 12.8. The molecular formula is C27H30FN9O2. The highest BCUT2D eigenvalue weighted by atomic mass is 19.1. The van der Waals surface area contributed by atoms with Crippen molar-refractivity contribution in [3.63, 3.8) is 0 Å². The average Bonchev–Trinajstić information content (AvgIpc) is 3.50. The quantitative estimate of drug-likeness (QED) is 0.255. The fraction of sp³-hybridized carbons (Fsp3) is 0.333. The minimum Gasteiger partial charge on any atom is -0.478 e. The molecule has 2 aliphatic heterocycles. The Morgan fingerprint density at radius 1 is 1.18 bits per heavy atom. The van der Waals surface area contributed by atoms with Gasteiger partial charge in [-0.25, -0.2) is 14.4 Å². The molecule has 0 aliphatic carbocycles. The SMILES string of the molecule is COc1nn(C)cc1Nc1nccc(-c2[nH]c3c(c2Nc2cccc(F)c2C)C(=O)NCC32CCCNC2)n1. The van der Waals surface area contributed by atoms with Gasteiger partial charge in [-0.15, -0.1) is 5.10 Å². The van der Waals surface area contributed by atoms with Crippen molar-refractivity contribution in [2.45, 2.75) is 25.2 Å². The molecule has 11 nitrogen and oxygen atoms in total. The van der Waals surface area contributed by atoms with Crippen LogP contribution in [0.2, 0.25) is 0 Å².